The van der Waals surface area contributed by atoms with Crippen molar-refractivity contribution in [3.63, 3.8) is 0 Å². The van der Waals surface area contributed by atoms with Gasteiger partial charge in [0.25, 0.3) is 5.91 Å². The molecule has 0 fully saturated rings. The summed E-state index contributed by atoms with van der Waals surface area (Å²) in [7, 11) is 1.80. The van der Waals surface area contributed by atoms with Gasteiger partial charge in [0.05, 0.1) is 0 Å². The van der Waals surface area contributed by atoms with Crippen LogP contribution in [0.1, 0.15) is 51.5 Å². The predicted molar refractivity (Wildman–Crippen MR) is 123 cm³/mol. The number of hydrogen-bond donors (Lipinski definition) is 3. The Labute approximate surface area is 180 Å². The van der Waals surface area contributed by atoms with Gasteiger partial charge in [-0.1, -0.05) is 44.7 Å². The number of carbonyl (C=O) groups excluding carboxylic acids is 1. The van der Waals surface area contributed by atoms with Gasteiger partial charge in [0.1, 0.15) is 5.75 Å². The lowest BCUT2D eigenvalue weighted by Crippen LogP contribution is -2.42. The zero-order chi connectivity index (χ0) is 19.2. The van der Waals surface area contributed by atoms with Gasteiger partial charge in [-0.25, -0.2) is 0 Å². The van der Waals surface area contributed by atoms with Crippen LogP contribution in [0.3, 0.4) is 0 Å². The van der Waals surface area contributed by atoms with E-state index < -0.39 is 5.91 Å². The fourth-order valence-corrected chi connectivity index (χ4v) is 2.61. The average molecular weight is 490 g/mol. The Kier molecular flexibility index (Phi) is 14.7. The zero-order valence-corrected chi connectivity index (χ0v) is 19.1. The summed E-state index contributed by atoms with van der Waals surface area (Å²) in [5.74, 6) is 1.01. The van der Waals surface area contributed by atoms with Crippen LogP contribution in [0.5, 0.6) is 5.75 Å². The van der Waals surface area contributed by atoms with Gasteiger partial charge in [-0.3, -0.25) is 9.79 Å². The third kappa shape index (κ3) is 12.5. The molecule has 0 aliphatic carbocycles. The van der Waals surface area contributed by atoms with E-state index in [1.54, 1.807) is 7.05 Å². The molecule has 0 aliphatic heterocycles. The second kappa shape index (κ2) is 15.5. The molecule has 1 unspecified atom stereocenters. The quantitative estimate of drug-likeness (QED) is 0.182. The van der Waals surface area contributed by atoms with Crippen LogP contribution < -0.4 is 21.1 Å². The maximum atomic E-state index is 10.7. The summed E-state index contributed by atoms with van der Waals surface area (Å²) in [6.07, 6.45) is 7.17. The molecular formula is C20H35IN4O2. The molecule has 0 saturated carbocycles. The SMILES string of the molecule is CCCCCCC(C)NC(=NC)NCCc1ccc(OCC(N)=O)cc1.I. The number of amides is 1. The Balaban J connectivity index is 0.00000676. The minimum Gasteiger partial charge on any atom is -0.484 e. The highest BCUT2D eigenvalue weighted by Crippen LogP contribution is 2.12. The van der Waals surface area contributed by atoms with Crippen molar-refractivity contribution in [3.05, 3.63) is 29.8 Å². The maximum Gasteiger partial charge on any atom is 0.255 e. The van der Waals surface area contributed by atoms with Crippen LogP contribution in [0.2, 0.25) is 0 Å². The van der Waals surface area contributed by atoms with E-state index in [0.29, 0.717) is 11.8 Å². The fraction of sp³-hybridized carbons (Fsp3) is 0.600. The van der Waals surface area contributed by atoms with Crippen molar-refractivity contribution in [2.45, 2.75) is 58.4 Å². The number of hydrogen-bond acceptors (Lipinski definition) is 3. The van der Waals surface area contributed by atoms with Gasteiger partial charge in [-0.15, -0.1) is 24.0 Å². The molecule has 27 heavy (non-hydrogen) atoms. The molecule has 0 radical (unpaired) electrons. The van der Waals surface area contributed by atoms with E-state index in [1.807, 2.05) is 24.3 Å². The molecule has 154 valence electrons. The van der Waals surface area contributed by atoms with Gasteiger partial charge in [-0.2, -0.15) is 0 Å². The van der Waals surface area contributed by atoms with E-state index in [-0.39, 0.29) is 30.6 Å². The van der Waals surface area contributed by atoms with Crippen LogP contribution in [-0.2, 0) is 11.2 Å². The lowest BCUT2D eigenvalue weighted by atomic mass is 10.1. The largest absolute Gasteiger partial charge is 0.484 e. The minimum absolute atomic E-state index is 0. The van der Waals surface area contributed by atoms with Crippen molar-refractivity contribution < 1.29 is 9.53 Å². The molecule has 6 nitrogen and oxygen atoms in total. The normalized spacial score (nSPS) is 12.0. The molecule has 4 N–H and O–H groups in total. The lowest BCUT2D eigenvalue weighted by Gasteiger charge is -2.18. The molecule has 0 aromatic heterocycles. The number of primary amides is 1. The first-order valence-corrected chi connectivity index (χ1v) is 9.52. The molecule has 1 aromatic rings. The summed E-state index contributed by atoms with van der Waals surface area (Å²) in [6, 6.07) is 8.10. The molecule has 1 amide bonds. The summed E-state index contributed by atoms with van der Waals surface area (Å²) in [4.78, 5) is 15.0. The minimum atomic E-state index is -0.475. The first-order chi connectivity index (χ1) is 12.5. The van der Waals surface area contributed by atoms with Crippen LogP contribution in [0, 0.1) is 0 Å². The Morgan fingerprint density at radius 1 is 1.22 bits per heavy atom. The van der Waals surface area contributed by atoms with Crippen LogP contribution >= 0.6 is 24.0 Å². The highest BCUT2D eigenvalue weighted by Gasteiger charge is 2.05. The van der Waals surface area contributed by atoms with E-state index in [4.69, 9.17) is 10.5 Å². The van der Waals surface area contributed by atoms with Crippen LogP contribution in [0.25, 0.3) is 0 Å². The van der Waals surface area contributed by atoms with Gasteiger partial charge >= 0.3 is 0 Å². The van der Waals surface area contributed by atoms with Gasteiger partial charge in [-0.05, 0) is 37.5 Å². The number of halogens is 1. The number of carbonyl (C=O) groups is 1. The lowest BCUT2D eigenvalue weighted by molar-refractivity contribution is -0.119. The molecule has 1 rings (SSSR count). The molecule has 0 bridgehead atoms. The first kappa shape index (κ1) is 25.5. The Morgan fingerprint density at radius 2 is 1.93 bits per heavy atom. The number of aliphatic imine (C=N–C) groups is 1. The molecule has 0 aliphatic rings. The number of guanidine groups is 1. The third-order valence-electron chi connectivity index (χ3n) is 4.11. The molecule has 7 heteroatoms. The highest BCUT2D eigenvalue weighted by atomic mass is 127. The van der Waals surface area contributed by atoms with E-state index in [0.717, 1.165) is 25.3 Å². The van der Waals surface area contributed by atoms with E-state index >= 15 is 0 Å². The topological polar surface area (TPSA) is 88.7 Å². The summed E-state index contributed by atoms with van der Waals surface area (Å²) in [5.41, 5.74) is 6.25. The maximum absolute atomic E-state index is 10.7. The van der Waals surface area contributed by atoms with Crippen molar-refractivity contribution in [2.24, 2.45) is 10.7 Å². The third-order valence-corrected chi connectivity index (χ3v) is 4.11. The van der Waals surface area contributed by atoms with Gasteiger partial charge < -0.3 is 21.1 Å². The van der Waals surface area contributed by atoms with Gasteiger partial charge in [0.2, 0.25) is 0 Å². The van der Waals surface area contributed by atoms with Crippen molar-refractivity contribution in [1.29, 1.82) is 0 Å². The van der Waals surface area contributed by atoms with E-state index in [1.165, 1.54) is 31.2 Å². The first-order valence-electron chi connectivity index (χ1n) is 9.52. The van der Waals surface area contributed by atoms with Crippen molar-refractivity contribution in [3.8, 4) is 5.75 Å². The fourth-order valence-electron chi connectivity index (χ4n) is 2.61. The summed E-state index contributed by atoms with van der Waals surface area (Å²) in [5, 5.41) is 6.79. The standard InChI is InChI=1S/C20H34N4O2.HI/c1-4-5-6-7-8-16(2)24-20(22-3)23-14-13-17-9-11-18(12-10-17)26-15-19(21)25;/h9-12,16H,4-8,13-15H2,1-3H3,(H2,21,25)(H2,22,23,24);1H. The Bertz CT molecular complexity index is 549. The smallest absolute Gasteiger partial charge is 0.255 e. The molecule has 0 heterocycles. The number of unbranched alkanes of at least 4 members (excludes halogenated alkanes) is 3. The van der Waals surface area contributed by atoms with Gasteiger partial charge in [0.15, 0.2) is 12.6 Å². The van der Waals surface area contributed by atoms with Gasteiger partial charge in [0, 0.05) is 19.6 Å². The zero-order valence-electron chi connectivity index (χ0n) is 16.8. The highest BCUT2D eigenvalue weighted by molar-refractivity contribution is 14.0. The molecule has 1 atom stereocenters. The van der Waals surface area contributed by atoms with E-state index in [2.05, 4.69) is 29.5 Å². The summed E-state index contributed by atoms with van der Waals surface area (Å²) >= 11 is 0. The summed E-state index contributed by atoms with van der Waals surface area (Å²) < 4.78 is 5.25. The van der Waals surface area contributed by atoms with Crippen LogP contribution in [0.15, 0.2) is 29.3 Å². The predicted octanol–water partition coefficient (Wildman–Crippen LogP) is 3.24. The molecular weight excluding hydrogens is 455 g/mol. The number of ether oxygens (including phenoxy) is 1. The Morgan fingerprint density at radius 3 is 2.52 bits per heavy atom. The van der Waals surface area contributed by atoms with Crippen LogP contribution in [0.4, 0.5) is 0 Å². The molecule has 0 saturated heterocycles. The second-order valence-corrected chi connectivity index (χ2v) is 6.54. The number of nitrogens with zero attached hydrogens (tertiary/aromatic N) is 1. The molecule has 1 aromatic carbocycles. The number of nitrogens with one attached hydrogen (secondary N) is 2. The molecule has 0 spiro atoms. The number of rotatable bonds is 12. The van der Waals surface area contributed by atoms with E-state index in [9.17, 15) is 4.79 Å². The van der Waals surface area contributed by atoms with Crippen molar-refractivity contribution >= 4 is 35.8 Å². The summed E-state index contributed by atoms with van der Waals surface area (Å²) in [6.45, 7) is 5.13. The average Bonchev–Trinajstić information content (AvgIpc) is 2.63. The second-order valence-electron chi connectivity index (χ2n) is 6.54. The number of nitrogens with two attached hydrogens (primary N) is 1. The number of benzene rings is 1. The van der Waals surface area contributed by atoms with Crippen molar-refractivity contribution in [1.82, 2.24) is 10.6 Å². The van der Waals surface area contributed by atoms with Crippen molar-refractivity contribution in [2.75, 3.05) is 20.2 Å². The Hall–Kier alpha value is -1.51. The monoisotopic (exact) mass is 490 g/mol. The van der Waals surface area contributed by atoms with Crippen LogP contribution in [-0.4, -0.2) is 38.1 Å².